The van der Waals surface area contributed by atoms with Gasteiger partial charge in [-0.25, -0.2) is 4.98 Å². The molecule has 0 amide bonds. The Labute approximate surface area is 108 Å². The third kappa shape index (κ3) is 3.26. The molecule has 7 heteroatoms. The van der Waals surface area contributed by atoms with Gasteiger partial charge in [-0.2, -0.15) is 13.2 Å². The maximum Gasteiger partial charge on any atom is 0.416 e. The molecule has 0 radical (unpaired) electrons. The molecular weight excluding hydrogens is 269 g/mol. The minimum Gasteiger partial charge on any atom is -0.380 e. The lowest BCUT2D eigenvalue weighted by Gasteiger charge is -2.21. The molecule has 0 saturated carbocycles. The first-order valence-electron chi connectivity index (χ1n) is 5.54. The molecule has 2 rings (SSSR count). The van der Waals surface area contributed by atoms with Crippen LogP contribution in [0.2, 0.25) is 5.15 Å². The molecule has 2 heterocycles. The van der Waals surface area contributed by atoms with Crippen LogP contribution in [0.3, 0.4) is 0 Å². The van der Waals surface area contributed by atoms with E-state index in [0.29, 0.717) is 26.3 Å². The van der Waals surface area contributed by atoms with Crippen molar-refractivity contribution in [3.63, 3.8) is 0 Å². The molecule has 0 spiro atoms. The Hall–Kier alpha value is -1.01. The van der Waals surface area contributed by atoms with Gasteiger partial charge in [0.1, 0.15) is 11.0 Å². The van der Waals surface area contributed by atoms with Gasteiger partial charge in [0, 0.05) is 19.7 Å². The first-order valence-corrected chi connectivity index (χ1v) is 5.92. The highest BCUT2D eigenvalue weighted by atomic mass is 35.5. The van der Waals surface area contributed by atoms with Crippen LogP contribution in [0.15, 0.2) is 12.1 Å². The predicted octanol–water partition coefficient (Wildman–Crippen LogP) is 2.98. The van der Waals surface area contributed by atoms with E-state index in [1.54, 1.807) is 4.90 Å². The topological polar surface area (TPSA) is 25.4 Å². The van der Waals surface area contributed by atoms with Crippen LogP contribution in [-0.2, 0) is 10.9 Å². The molecule has 0 bridgehead atoms. The number of hydrogen-bond acceptors (Lipinski definition) is 3. The van der Waals surface area contributed by atoms with Crippen molar-refractivity contribution < 1.29 is 17.9 Å². The van der Waals surface area contributed by atoms with Gasteiger partial charge in [-0.1, -0.05) is 11.6 Å². The van der Waals surface area contributed by atoms with E-state index in [9.17, 15) is 13.2 Å². The van der Waals surface area contributed by atoms with E-state index < -0.39 is 11.7 Å². The van der Waals surface area contributed by atoms with Crippen LogP contribution in [0, 0.1) is 0 Å². The first-order chi connectivity index (χ1) is 8.47. The predicted molar refractivity (Wildman–Crippen MR) is 61.9 cm³/mol. The van der Waals surface area contributed by atoms with Crippen LogP contribution in [0.4, 0.5) is 19.0 Å². The molecule has 1 aliphatic heterocycles. The third-order valence-corrected chi connectivity index (χ3v) is 2.85. The summed E-state index contributed by atoms with van der Waals surface area (Å²) in [5.41, 5.74) is -0.775. The van der Waals surface area contributed by atoms with Gasteiger partial charge in [-0.3, -0.25) is 0 Å². The number of aromatic nitrogens is 1. The van der Waals surface area contributed by atoms with Gasteiger partial charge in [0.15, 0.2) is 0 Å². The summed E-state index contributed by atoms with van der Waals surface area (Å²) in [6, 6.07) is 1.86. The van der Waals surface area contributed by atoms with Gasteiger partial charge in [-0.05, 0) is 18.6 Å². The van der Waals surface area contributed by atoms with Gasteiger partial charge in [0.2, 0.25) is 0 Å². The fourth-order valence-corrected chi connectivity index (χ4v) is 1.99. The smallest absolute Gasteiger partial charge is 0.380 e. The van der Waals surface area contributed by atoms with Crippen molar-refractivity contribution in [2.75, 3.05) is 31.2 Å². The van der Waals surface area contributed by atoms with E-state index in [1.165, 1.54) is 0 Å². The van der Waals surface area contributed by atoms with Crippen molar-refractivity contribution in [2.24, 2.45) is 0 Å². The Morgan fingerprint density at radius 2 is 2.00 bits per heavy atom. The molecule has 100 valence electrons. The second-order valence-corrected chi connectivity index (χ2v) is 4.37. The van der Waals surface area contributed by atoms with E-state index in [4.69, 9.17) is 16.3 Å². The number of hydrogen-bond donors (Lipinski definition) is 0. The summed E-state index contributed by atoms with van der Waals surface area (Å²) in [6.45, 7) is 2.23. The second-order valence-electron chi connectivity index (χ2n) is 3.99. The summed E-state index contributed by atoms with van der Waals surface area (Å²) in [5, 5.41) is -0.148. The summed E-state index contributed by atoms with van der Waals surface area (Å²) in [6.07, 6.45) is -3.65. The Morgan fingerprint density at radius 3 is 2.72 bits per heavy atom. The zero-order chi connectivity index (χ0) is 13.2. The van der Waals surface area contributed by atoms with E-state index in [2.05, 4.69) is 4.98 Å². The first kappa shape index (κ1) is 13.4. The van der Waals surface area contributed by atoms with Crippen LogP contribution < -0.4 is 4.90 Å². The lowest BCUT2D eigenvalue weighted by molar-refractivity contribution is -0.137. The van der Waals surface area contributed by atoms with Gasteiger partial charge in [-0.15, -0.1) is 0 Å². The molecule has 1 aliphatic rings. The van der Waals surface area contributed by atoms with Crippen LogP contribution in [0.1, 0.15) is 12.0 Å². The molecule has 0 atom stereocenters. The quantitative estimate of drug-likeness (QED) is 0.740. The van der Waals surface area contributed by atoms with E-state index in [-0.39, 0.29) is 11.0 Å². The van der Waals surface area contributed by atoms with Gasteiger partial charge >= 0.3 is 6.18 Å². The van der Waals surface area contributed by atoms with Crippen molar-refractivity contribution in [3.05, 3.63) is 22.8 Å². The molecule has 1 fully saturated rings. The standard InChI is InChI=1S/C11H12ClF3N2O/c12-9-6-8(11(13,14)15)7-10(16-9)17-2-1-4-18-5-3-17/h6-7H,1-5H2. The van der Waals surface area contributed by atoms with E-state index >= 15 is 0 Å². The fraction of sp³-hybridized carbons (Fsp3) is 0.545. The van der Waals surface area contributed by atoms with Crippen molar-refractivity contribution >= 4 is 17.4 Å². The normalized spacial score (nSPS) is 17.7. The van der Waals surface area contributed by atoms with Crippen LogP contribution in [-0.4, -0.2) is 31.3 Å². The monoisotopic (exact) mass is 280 g/mol. The SMILES string of the molecule is FC(F)(F)c1cc(Cl)nc(N2CCCOCC2)c1. The number of nitrogens with zero attached hydrogens (tertiary/aromatic N) is 2. The van der Waals surface area contributed by atoms with Crippen molar-refractivity contribution in [3.8, 4) is 0 Å². The molecule has 0 unspecified atom stereocenters. The Kier molecular flexibility index (Phi) is 3.97. The highest BCUT2D eigenvalue weighted by molar-refractivity contribution is 6.29. The fourth-order valence-electron chi connectivity index (χ4n) is 1.78. The van der Waals surface area contributed by atoms with Crippen molar-refractivity contribution in [2.45, 2.75) is 12.6 Å². The highest BCUT2D eigenvalue weighted by Crippen LogP contribution is 2.32. The number of halogens is 4. The van der Waals surface area contributed by atoms with E-state index in [1.807, 2.05) is 0 Å². The Balaban J connectivity index is 2.29. The maximum absolute atomic E-state index is 12.7. The average molecular weight is 281 g/mol. The maximum atomic E-state index is 12.7. The molecular formula is C11H12ClF3N2O. The highest BCUT2D eigenvalue weighted by Gasteiger charge is 2.32. The molecule has 1 saturated heterocycles. The number of alkyl halides is 3. The summed E-state index contributed by atoms with van der Waals surface area (Å²) < 4.78 is 43.2. The Morgan fingerprint density at radius 1 is 1.22 bits per heavy atom. The second kappa shape index (κ2) is 5.32. The summed E-state index contributed by atoms with van der Waals surface area (Å²) in [5.74, 6) is 0.250. The molecule has 0 aromatic carbocycles. The minimum atomic E-state index is -4.41. The largest absolute Gasteiger partial charge is 0.416 e. The summed E-state index contributed by atoms with van der Waals surface area (Å²) in [4.78, 5) is 5.71. The minimum absolute atomic E-state index is 0.148. The van der Waals surface area contributed by atoms with Crippen molar-refractivity contribution in [1.82, 2.24) is 4.98 Å². The number of ether oxygens (including phenoxy) is 1. The molecule has 1 aromatic heterocycles. The zero-order valence-electron chi connectivity index (χ0n) is 9.50. The van der Waals surface area contributed by atoms with Crippen LogP contribution >= 0.6 is 11.6 Å². The van der Waals surface area contributed by atoms with Gasteiger partial charge in [0.25, 0.3) is 0 Å². The summed E-state index contributed by atoms with van der Waals surface area (Å²) >= 11 is 5.65. The van der Waals surface area contributed by atoms with Crippen LogP contribution in [0.5, 0.6) is 0 Å². The lowest BCUT2D eigenvalue weighted by Crippen LogP contribution is -2.27. The van der Waals surface area contributed by atoms with Gasteiger partial charge < -0.3 is 9.64 Å². The van der Waals surface area contributed by atoms with Gasteiger partial charge in [0.05, 0.1) is 12.2 Å². The van der Waals surface area contributed by atoms with Crippen LogP contribution in [0.25, 0.3) is 0 Å². The molecule has 0 aliphatic carbocycles. The average Bonchev–Trinajstić information content (AvgIpc) is 2.55. The molecule has 3 nitrogen and oxygen atoms in total. The lowest BCUT2D eigenvalue weighted by atomic mass is 10.2. The number of rotatable bonds is 1. The number of anilines is 1. The summed E-state index contributed by atoms with van der Waals surface area (Å²) in [7, 11) is 0. The molecule has 18 heavy (non-hydrogen) atoms. The van der Waals surface area contributed by atoms with Crippen molar-refractivity contribution in [1.29, 1.82) is 0 Å². The third-order valence-electron chi connectivity index (χ3n) is 2.65. The van der Waals surface area contributed by atoms with E-state index in [0.717, 1.165) is 18.6 Å². The molecule has 0 N–H and O–H groups in total. The zero-order valence-corrected chi connectivity index (χ0v) is 10.3. The number of pyridine rings is 1. The Bertz CT molecular complexity index is 417. The molecule has 1 aromatic rings.